The van der Waals surface area contributed by atoms with E-state index in [-0.39, 0.29) is 35.9 Å². The molecule has 2 N–H and O–H groups in total. The Labute approximate surface area is 246 Å². The summed E-state index contributed by atoms with van der Waals surface area (Å²) in [6.07, 6.45) is -1.83. The molecule has 1 saturated carbocycles. The first-order valence-corrected chi connectivity index (χ1v) is 14.9. The monoisotopic (exact) mass is 616 g/mol. The van der Waals surface area contributed by atoms with Gasteiger partial charge in [0.25, 0.3) is 5.91 Å². The molecule has 0 bridgehead atoms. The molecule has 1 unspecified atom stereocenters. The molecule has 1 aliphatic carbocycles. The molecular formula is C29H25BF4N2O6S. The number of carbonyl (C=O) groups excluding carboxylic acids is 1. The van der Waals surface area contributed by atoms with Crippen LogP contribution < -0.4 is 19.8 Å². The maximum absolute atomic E-state index is 13.6. The Morgan fingerprint density at radius 3 is 2.53 bits per heavy atom. The first-order chi connectivity index (χ1) is 20.4. The molecule has 224 valence electrons. The van der Waals surface area contributed by atoms with Crippen molar-refractivity contribution in [3.63, 3.8) is 0 Å². The normalized spacial score (nSPS) is 15.5. The lowest BCUT2D eigenvalue weighted by molar-refractivity contribution is -0.274. The Kier molecular flexibility index (Phi) is 7.47. The largest absolute Gasteiger partial charge is 0.573 e. The van der Waals surface area contributed by atoms with Gasteiger partial charge in [0.05, 0.1) is 24.4 Å². The van der Waals surface area contributed by atoms with Gasteiger partial charge in [-0.25, -0.2) is 8.60 Å². The Balaban J connectivity index is 1.48. The van der Waals surface area contributed by atoms with E-state index in [0.29, 0.717) is 33.3 Å². The van der Waals surface area contributed by atoms with Crippen LogP contribution in [-0.4, -0.2) is 41.9 Å². The molecule has 1 amide bonds. The smallest absolute Gasteiger partial charge is 0.455 e. The number of nitrogens with zero attached hydrogens (tertiary/aromatic N) is 1. The summed E-state index contributed by atoms with van der Waals surface area (Å²) in [4.78, 5) is 13.0. The van der Waals surface area contributed by atoms with Gasteiger partial charge in [-0.05, 0) is 71.8 Å². The molecule has 1 fully saturated rings. The second-order valence-corrected chi connectivity index (χ2v) is 11.7. The number of hydrogen-bond acceptors (Lipinski definition) is 6. The molecule has 1 aliphatic heterocycles. The fourth-order valence-electron chi connectivity index (χ4n) is 5.42. The maximum Gasteiger partial charge on any atom is 0.573 e. The molecule has 14 heteroatoms. The van der Waals surface area contributed by atoms with E-state index in [1.807, 2.05) is 6.07 Å². The molecule has 6 rings (SSSR count). The van der Waals surface area contributed by atoms with Crippen molar-refractivity contribution >= 4 is 46.1 Å². The van der Waals surface area contributed by atoms with Crippen molar-refractivity contribution in [3.05, 3.63) is 76.6 Å². The number of ether oxygens (including phenoxy) is 1. The summed E-state index contributed by atoms with van der Waals surface area (Å²) in [5.41, 5.74) is 3.00. The lowest BCUT2D eigenvalue weighted by atomic mass is 9.78. The van der Waals surface area contributed by atoms with E-state index < -0.39 is 41.9 Å². The number of hydrogen-bond donors (Lipinski definition) is 2. The molecule has 1 aromatic heterocycles. The SMILES string of the molecule is CNC(=O)c1c(-c2ccc(F)cc2)oc2cc(N(Cc3cc4c(c(OC(F)(F)F)c3)B(O)OC4)S(C)=O)c(C3CC3)cc12. The number of nitrogens with one attached hydrogen (secondary N) is 1. The zero-order chi connectivity index (χ0) is 30.6. The predicted molar refractivity (Wildman–Crippen MR) is 153 cm³/mol. The van der Waals surface area contributed by atoms with Crippen LogP contribution in [0, 0.1) is 5.82 Å². The summed E-state index contributed by atoms with van der Waals surface area (Å²) in [7, 11) is -1.72. The summed E-state index contributed by atoms with van der Waals surface area (Å²) in [5, 5.41) is 13.2. The number of benzene rings is 3. The molecule has 43 heavy (non-hydrogen) atoms. The number of carbonyl (C=O) groups is 1. The number of furan rings is 1. The van der Waals surface area contributed by atoms with Crippen LogP contribution in [0.5, 0.6) is 5.75 Å². The number of rotatable bonds is 8. The Morgan fingerprint density at radius 2 is 1.91 bits per heavy atom. The minimum Gasteiger partial charge on any atom is -0.455 e. The summed E-state index contributed by atoms with van der Waals surface area (Å²) >= 11 is 0. The number of fused-ring (bicyclic) bond motifs is 2. The van der Waals surface area contributed by atoms with E-state index in [4.69, 9.17) is 9.07 Å². The topological polar surface area (TPSA) is 101 Å². The molecular weight excluding hydrogens is 591 g/mol. The van der Waals surface area contributed by atoms with Gasteiger partial charge in [-0.2, -0.15) is 0 Å². The second-order valence-electron chi connectivity index (χ2n) is 10.4. The van der Waals surface area contributed by atoms with Gasteiger partial charge in [0, 0.05) is 35.8 Å². The minimum atomic E-state index is -5.00. The summed E-state index contributed by atoms with van der Waals surface area (Å²) < 4.78 is 83.6. The van der Waals surface area contributed by atoms with E-state index in [9.17, 15) is 31.6 Å². The van der Waals surface area contributed by atoms with E-state index in [1.165, 1.54) is 41.9 Å². The summed E-state index contributed by atoms with van der Waals surface area (Å²) in [6, 6.07) is 11.8. The van der Waals surface area contributed by atoms with E-state index in [2.05, 4.69) is 10.1 Å². The second kappa shape index (κ2) is 11.0. The van der Waals surface area contributed by atoms with Gasteiger partial charge in [0.15, 0.2) is 0 Å². The van der Waals surface area contributed by atoms with Gasteiger partial charge in [0.2, 0.25) is 0 Å². The van der Waals surface area contributed by atoms with Crippen molar-refractivity contribution in [2.45, 2.75) is 38.3 Å². The van der Waals surface area contributed by atoms with Crippen LogP contribution in [0.1, 0.15) is 45.8 Å². The quantitative estimate of drug-likeness (QED) is 0.216. The third kappa shape index (κ3) is 5.74. The summed E-state index contributed by atoms with van der Waals surface area (Å²) in [5.74, 6) is -1.08. The van der Waals surface area contributed by atoms with E-state index in [0.717, 1.165) is 24.5 Å². The summed E-state index contributed by atoms with van der Waals surface area (Å²) in [6.45, 7) is -0.187. The van der Waals surface area contributed by atoms with Crippen molar-refractivity contribution in [1.82, 2.24) is 5.32 Å². The van der Waals surface area contributed by atoms with Crippen LogP contribution >= 0.6 is 0 Å². The maximum atomic E-state index is 13.6. The zero-order valence-corrected chi connectivity index (χ0v) is 23.8. The molecule has 3 aromatic carbocycles. The van der Waals surface area contributed by atoms with Gasteiger partial charge in [0.1, 0.15) is 33.9 Å². The molecule has 8 nitrogen and oxygen atoms in total. The highest BCUT2D eigenvalue weighted by atomic mass is 32.2. The first kappa shape index (κ1) is 29.2. The molecule has 4 aromatic rings. The highest BCUT2D eigenvalue weighted by molar-refractivity contribution is 7.85. The van der Waals surface area contributed by atoms with Crippen molar-refractivity contribution < 1.29 is 45.4 Å². The third-order valence-corrected chi connectivity index (χ3v) is 8.42. The standard InChI is InChI=1S/C29H25BF4N2O6S/c1-35-28(37)25-21-11-20(16-3-4-16)22(12-23(21)41-27(25)17-5-7-19(31)8-6-17)36(43(2)39)13-15-9-18-14-40-30(38)26(18)24(10-15)42-29(32,33)34/h5-12,16,38H,3-4,13-14H2,1-2H3,(H,35,37). The lowest BCUT2D eigenvalue weighted by Gasteiger charge is -2.25. The fourth-order valence-corrected chi connectivity index (χ4v) is 6.19. The van der Waals surface area contributed by atoms with Gasteiger partial charge in [-0.15, -0.1) is 13.2 Å². The third-order valence-electron chi connectivity index (χ3n) is 7.48. The highest BCUT2D eigenvalue weighted by Crippen LogP contribution is 2.48. The molecule has 0 saturated heterocycles. The number of amides is 1. The van der Waals surface area contributed by atoms with Crippen molar-refractivity contribution in [2.24, 2.45) is 0 Å². The van der Waals surface area contributed by atoms with Gasteiger partial charge >= 0.3 is 13.5 Å². The Hall–Kier alpha value is -3.88. The van der Waals surface area contributed by atoms with Crippen molar-refractivity contribution in [1.29, 1.82) is 0 Å². The minimum absolute atomic E-state index is 0.0697. The molecule has 0 spiro atoms. The van der Waals surface area contributed by atoms with Crippen molar-refractivity contribution in [2.75, 3.05) is 17.6 Å². The van der Waals surface area contributed by atoms with Crippen LogP contribution in [0.2, 0.25) is 0 Å². The number of halogens is 4. The van der Waals surface area contributed by atoms with Gasteiger partial charge < -0.3 is 24.1 Å². The number of alkyl halides is 3. The van der Waals surface area contributed by atoms with Crippen molar-refractivity contribution in [3.8, 4) is 17.1 Å². The average Bonchev–Trinajstić information content (AvgIpc) is 3.63. The van der Waals surface area contributed by atoms with Crippen LogP contribution in [0.25, 0.3) is 22.3 Å². The lowest BCUT2D eigenvalue weighted by Crippen LogP contribution is -2.33. The molecule has 2 aliphatic rings. The molecule has 1 atom stereocenters. The Bertz CT molecular complexity index is 1760. The Morgan fingerprint density at radius 1 is 1.19 bits per heavy atom. The van der Waals surface area contributed by atoms with Crippen LogP contribution in [0.3, 0.4) is 0 Å². The zero-order valence-electron chi connectivity index (χ0n) is 23.0. The van der Waals surface area contributed by atoms with Gasteiger partial charge in [-0.3, -0.25) is 9.10 Å². The molecule has 0 radical (unpaired) electrons. The fraction of sp³-hybridized carbons (Fsp3) is 0.276. The first-order valence-electron chi connectivity index (χ1n) is 13.3. The van der Waals surface area contributed by atoms with E-state index >= 15 is 0 Å². The number of anilines is 1. The van der Waals surface area contributed by atoms with E-state index in [1.54, 1.807) is 12.1 Å². The molecule has 2 heterocycles. The van der Waals surface area contributed by atoms with Gasteiger partial charge in [-0.1, -0.05) is 6.07 Å². The average molecular weight is 616 g/mol. The van der Waals surface area contributed by atoms with Crippen LogP contribution in [0.4, 0.5) is 23.2 Å². The predicted octanol–water partition coefficient (Wildman–Crippen LogP) is 4.89. The van der Waals surface area contributed by atoms with Crippen LogP contribution in [-0.2, 0) is 28.8 Å². The highest BCUT2D eigenvalue weighted by Gasteiger charge is 2.38. The van der Waals surface area contributed by atoms with Crippen LogP contribution in [0.15, 0.2) is 52.9 Å².